The van der Waals surface area contributed by atoms with Gasteiger partial charge in [0.05, 0.1) is 22.9 Å². The number of nitrogens with one attached hydrogen (secondary N) is 1. The van der Waals surface area contributed by atoms with Crippen LogP contribution in [0.4, 0.5) is 11.5 Å². The van der Waals surface area contributed by atoms with Crippen LogP contribution in [0, 0.1) is 6.92 Å². The lowest BCUT2D eigenvalue weighted by Crippen LogP contribution is -2.46. The zero-order valence-electron chi connectivity index (χ0n) is 14.8. The lowest BCUT2D eigenvalue weighted by molar-refractivity contribution is 0.249. The Labute approximate surface area is 151 Å². The fourth-order valence-electron chi connectivity index (χ4n) is 3.30. The first-order chi connectivity index (χ1) is 12.6. The highest BCUT2D eigenvalue weighted by Gasteiger charge is 2.18. The van der Waals surface area contributed by atoms with Crippen molar-refractivity contribution in [2.24, 2.45) is 0 Å². The van der Waals surface area contributed by atoms with E-state index in [2.05, 4.69) is 30.8 Å². The number of anilines is 2. The number of benzene rings is 1. The summed E-state index contributed by atoms with van der Waals surface area (Å²) in [7, 11) is 0. The lowest BCUT2D eigenvalue weighted by Gasteiger charge is -2.35. The first-order valence-corrected chi connectivity index (χ1v) is 8.77. The third kappa shape index (κ3) is 3.39. The number of aromatic amines is 1. The summed E-state index contributed by atoms with van der Waals surface area (Å²) < 4.78 is 0. The summed E-state index contributed by atoms with van der Waals surface area (Å²) in [6.07, 6.45) is 1.70. The number of rotatable bonds is 3. The quantitative estimate of drug-likeness (QED) is 0.744. The van der Waals surface area contributed by atoms with E-state index < -0.39 is 0 Å². The molecule has 134 valence electrons. The second-order valence-electron chi connectivity index (χ2n) is 6.72. The Morgan fingerprint density at radius 1 is 1.15 bits per heavy atom. The summed E-state index contributed by atoms with van der Waals surface area (Å²) in [6, 6.07) is 9.94. The van der Waals surface area contributed by atoms with Crippen LogP contribution < -0.4 is 16.2 Å². The van der Waals surface area contributed by atoms with E-state index in [4.69, 9.17) is 5.73 Å². The number of fused-ring (bicyclic) bond motifs is 1. The molecule has 4 rings (SSSR count). The first kappa shape index (κ1) is 16.5. The number of nitrogen functional groups attached to an aromatic ring is 1. The SMILES string of the molecule is Cc1nc2ccc(CN3CCN(c4ccc(N)cn4)CC3)cc2[nH]c1=O. The summed E-state index contributed by atoms with van der Waals surface area (Å²) in [4.78, 5) is 28.1. The van der Waals surface area contributed by atoms with Crippen molar-refractivity contribution in [2.45, 2.75) is 13.5 Å². The lowest BCUT2D eigenvalue weighted by atomic mass is 10.1. The Balaban J connectivity index is 1.42. The van der Waals surface area contributed by atoms with Gasteiger partial charge in [-0.1, -0.05) is 6.07 Å². The number of aromatic nitrogens is 3. The highest BCUT2D eigenvalue weighted by Crippen LogP contribution is 2.17. The predicted molar refractivity (Wildman–Crippen MR) is 103 cm³/mol. The Morgan fingerprint density at radius 2 is 1.96 bits per heavy atom. The molecule has 0 amide bonds. The fraction of sp³-hybridized carbons (Fsp3) is 0.316. The smallest absolute Gasteiger partial charge is 0.269 e. The van der Waals surface area contributed by atoms with Crippen LogP contribution >= 0.6 is 0 Å². The minimum absolute atomic E-state index is 0.126. The zero-order valence-corrected chi connectivity index (χ0v) is 14.8. The Bertz CT molecular complexity index is 973. The van der Waals surface area contributed by atoms with Crippen LogP contribution in [0.2, 0.25) is 0 Å². The van der Waals surface area contributed by atoms with Crippen molar-refractivity contribution in [3.8, 4) is 0 Å². The average molecular weight is 350 g/mol. The molecule has 0 spiro atoms. The summed E-state index contributed by atoms with van der Waals surface area (Å²) in [5.74, 6) is 0.976. The second-order valence-corrected chi connectivity index (χ2v) is 6.72. The first-order valence-electron chi connectivity index (χ1n) is 8.77. The van der Waals surface area contributed by atoms with Crippen molar-refractivity contribution in [1.29, 1.82) is 0 Å². The van der Waals surface area contributed by atoms with Gasteiger partial charge in [-0.2, -0.15) is 0 Å². The molecular weight excluding hydrogens is 328 g/mol. The predicted octanol–water partition coefficient (Wildman–Crippen LogP) is 1.53. The number of piperazine rings is 1. The third-order valence-electron chi connectivity index (χ3n) is 4.80. The van der Waals surface area contributed by atoms with Gasteiger partial charge in [-0.3, -0.25) is 9.69 Å². The maximum Gasteiger partial charge on any atom is 0.269 e. The number of pyridine rings is 1. The van der Waals surface area contributed by atoms with Crippen molar-refractivity contribution in [3.63, 3.8) is 0 Å². The molecule has 7 heteroatoms. The van der Waals surface area contributed by atoms with Gasteiger partial charge in [0, 0.05) is 32.7 Å². The summed E-state index contributed by atoms with van der Waals surface area (Å²) >= 11 is 0. The molecule has 1 saturated heterocycles. The normalized spacial score (nSPS) is 15.5. The topological polar surface area (TPSA) is 91.1 Å². The summed E-state index contributed by atoms with van der Waals surface area (Å²) in [5, 5.41) is 0. The van der Waals surface area contributed by atoms with Gasteiger partial charge in [0.2, 0.25) is 0 Å². The van der Waals surface area contributed by atoms with E-state index in [1.807, 2.05) is 24.3 Å². The van der Waals surface area contributed by atoms with Gasteiger partial charge in [-0.05, 0) is 36.8 Å². The van der Waals surface area contributed by atoms with E-state index in [-0.39, 0.29) is 5.56 Å². The van der Waals surface area contributed by atoms with E-state index in [0.717, 1.165) is 49.6 Å². The van der Waals surface area contributed by atoms with Crippen molar-refractivity contribution in [1.82, 2.24) is 19.9 Å². The molecule has 0 saturated carbocycles. The van der Waals surface area contributed by atoms with Crippen molar-refractivity contribution < 1.29 is 0 Å². The zero-order chi connectivity index (χ0) is 18.1. The van der Waals surface area contributed by atoms with Gasteiger partial charge in [-0.15, -0.1) is 0 Å². The number of nitrogens with zero attached hydrogens (tertiary/aromatic N) is 4. The van der Waals surface area contributed by atoms with Crippen LogP contribution in [0.5, 0.6) is 0 Å². The van der Waals surface area contributed by atoms with E-state index >= 15 is 0 Å². The molecule has 7 nitrogen and oxygen atoms in total. The van der Waals surface area contributed by atoms with Crippen molar-refractivity contribution >= 4 is 22.5 Å². The molecule has 0 radical (unpaired) electrons. The van der Waals surface area contributed by atoms with E-state index in [1.165, 1.54) is 5.56 Å². The fourth-order valence-corrected chi connectivity index (χ4v) is 3.30. The molecule has 3 N–H and O–H groups in total. The van der Waals surface area contributed by atoms with E-state index in [9.17, 15) is 4.79 Å². The van der Waals surface area contributed by atoms with Crippen LogP contribution in [0.25, 0.3) is 11.0 Å². The van der Waals surface area contributed by atoms with Crippen LogP contribution in [-0.4, -0.2) is 46.0 Å². The second kappa shape index (κ2) is 6.76. The van der Waals surface area contributed by atoms with Gasteiger partial charge < -0.3 is 15.6 Å². The Morgan fingerprint density at radius 3 is 2.69 bits per heavy atom. The van der Waals surface area contributed by atoms with Gasteiger partial charge in [-0.25, -0.2) is 9.97 Å². The Hall–Kier alpha value is -2.93. The van der Waals surface area contributed by atoms with Crippen LogP contribution in [0.15, 0.2) is 41.3 Å². The van der Waals surface area contributed by atoms with Gasteiger partial charge in [0.1, 0.15) is 11.5 Å². The minimum Gasteiger partial charge on any atom is -0.397 e. The number of nitrogens with two attached hydrogens (primary N) is 1. The third-order valence-corrected chi connectivity index (χ3v) is 4.80. The number of aryl methyl sites for hydroxylation is 1. The largest absolute Gasteiger partial charge is 0.397 e. The maximum atomic E-state index is 11.8. The molecular formula is C19H22N6O. The van der Waals surface area contributed by atoms with Crippen molar-refractivity contribution in [3.05, 3.63) is 58.1 Å². The molecule has 3 aromatic rings. The van der Waals surface area contributed by atoms with E-state index in [1.54, 1.807) is 13.1 Å². The van der Waals surface area contributed by atoms with Crippen LogP contribution in [0.1, 0.15) is 11.3 Å². The summed E-state index contributed by atoms with van der Waals surface area (Å²) in [6.45, 7) is 6.38. The highest BCUT2D eigenvalue weighted by molar-refractivity contribution is 5.74. The van der Waals surface area contributed by atoms with E-state index in [0.29, 0.717) is 11.4 Å². The maximum absolute atomic E-state index is 11.8. The Kier molecular flexibility index (Phi) is 4.30. The molecule has 1 aromatic carbocycles. The molecule has 2 aromatic heterocycles. The minimum atomic E-state index is -0.126. The highest BCUT2D eigenvalue weighted by atomic mass is 16.1. The monoisotopic (exact) mass is 350 g/mol. The van der Waals surface area contributed by atoms with Gasteiger partial charge in [0.25, 0.3) is 5.56 Å². The molecule has 1 fully saturated rings. The molecule has 1 aliphatic rings. The van der Waals surface area contributed by atoms with Crippen LogP contribution in [-0.2, 0) is 6.54 Å². The summed E-state index contributed by atoms with van der Waals surface area (Å²) in [5.41, 5.74) is 9.56. The molecule has 0 atom stereocenters. The number of H-pyrrole nitrogens is 1. The number of hydrogen-bond acceptors (Lipinski definition) is 6. The van der Waals surface area contributed by atoms with Gasteiger partial charge >= 0.3 is 0 Å². The molecule has 0 aliphatic carbocycles. The van der Waals surface area contributed by atoms with Crippen LogP contribution in [0.3, 0.4) is 0 Å². The van der Waals surface area contributed by atoms with Crippen molar-refractivity contribution in [2.75, 3.05) is 36.8 Å². The molecule has 3 heterocycles. The standard InChI is InChI=1S/C19H22N6O/c1-13-19(26)23-17-10-14(2-4-16(17)22-13)12-24-6-8-25(9-7-24)18-5-3-15(20)11-21-18/h2-5,10-11H,6-9,12,20H2,1H3,(H,23,26). The van der Waals surface area contributed by atoms with Gasteiger partial charge in [0.15, 0.2) is 0 Å². The molecule has 26 heavy (non-hydrogen) atoms. The number of hydrogen-bond donors (Lipinski definition) is 2. The molecule has 0 unspecified atom stereocenters. The average Bonchev–Trinajstić information content (AvgIpc) is 2.64. The molecule has 0 bridgehead atoms. The molecule has 1 aliphatic heterocycles.